The first-order valence-electron chi connectivity index (χ1n) is 7.01. The number of methoxy groups -OCH3 is 3. The van der Waals surface area contributed by atoms with Crippen LogP contribution in [-0.2, 0) is 0 Å². The van der Waals surface area contributed by atoms with E-state index in [1.807, 2.05) is 0 Å². The maximum Gasteiger partial charge on any atom is 0.341 e. The summed E-state index contributed by atoms with van der Waals surface area (Å²) in [6, 6.07) is 3.41. The van der Waals surface area contributed by atoms with E-state index in [0.29, 0.717) is 34.5 Å². The van der Waals surface area contributed by atoms with Crippen LogP contribution >= 0.6 is 0 Å². The normalized spacial score (nSPS) is 10.2. The predicted molar refractivity (Wildman–Crippen MR) is 88.4 cm³/mol. The van der Waals surface area contributed by atoms with Crippen molar-refractivity contribution >= 4 is 11.8 Å². The molecule has 24 heavy (non-hydrogen) atoms. The molecular formula is C16H19N3O5. The van der Waals surface area contributed by atoms with Gasteiger partial charge in [0.05, 0.1) is 21.3 Å². The average molecular weight is 333 g/mol. The number of ether oxygens (including phenoxy) is 3. The zero-order chi connectivity index (χ0) is 17.9. The van der Waals surface area contributed by atoms with E-state index in [1.54, 1.807) is 31.1 Å². The topological polar surface area (TPSA) is 94.0 Å². The van der Waals surface area contributed by atoms with Crippen LogP contribution in [0, 0.1) is 0 Å². The quantitative estimate of drug-likeness (QED) is 0.857. The number of carbonyl (C=O) groups is 1. The molecule has 1 N–H and O–H groups in total. The molecule has 0 radical (unpaired) electrons. The van der Waals surface area contributed by atoms with Crippen LogP contribution in [0.15, 0.2) is 18.3 Å². The van der Waals surface area contributed by atoms with Gasteiger partial charge in [0.2, 0.25) is 5.75 Å². The van der Waals surface area contributed by atoms with Crippen molar-refractivity contribution in [3.05, 3.63) is 23.9 Å². The number of anilines is 1. The minimum atomic E-state index is -1.09. The fraction of sp³-hybridized carbons (Fsp3) is 0.312. The molecule has 0 unspecified atom stereocenters. The van der Waals surface area contributed by atoms with Gasteiger partial charge >= 0.3 is 5.97 Å². The molecule has 0 saturated heterocycles. The van der Waals surface area contributed by atoms with Crippen molar-refractivity contribution < 1.29 is 24.1 Å². The third-order valence-electron chi connectivity index (χ3n) is 3.35. The molecule has 0 amide bonds. The molecule has 8 nitrogen and oxygen atoms in total. The Bertz CT molecular complexity index is 736. The molecule has 2 aromatic rings. The fourth-order valence-electron chi connectivity index (χ4n) is 2.21. The maximum atomic E-state index is 11.3. The summed E-state index contributed by atoms with van der Waals surface area (Å²) < 4.78 is 15.9. The van der Waals surface area contributed by atoms with Crippen LogP contribution in [-0.4, -0.2) is 56.5 Å². The second kappa shape index (κ2) is 7.03. The lowest BCUT2D eigenvalue weighted by molar-refractivity contribution is 0.0697. The van der Waals surface area contributed by atoms with Crippen LogP contribution in [0.3, 0.4) is 0 Å². The Morgan fingerprint density at radius 2 is 1.67 bits per heavy atom. The second-order valence-corrected chi connectivity index (χ2v) is 5.04. The smallest absolute Gasteiger partial charge is 0.341 e. The van der Waals surface area contributed by atoms with Gasteiger partial charge in [-0.15, -0.1) is 0 Å². The van der Waals surface area contributed by atoms with Crippen LogP contribution < -0.4 is 19.1 Å². The number of rotatable bonds is 6. The summed E-state index contributed by atoms with van der Waals surface area (Å²) in [7, 11) is 7.98. The van der Waals surface area contributed by atoms with Crippen LogP contribution in [0.5, 0.6) is 17.2 Å². The SMILES string of the molecule is COc1cc(-c2ncc(C(=O)O)c(N(C)C)n2)cc(OC)c1OC. The predicted octanol–water partition coefficient (Wildman–Crippen LogP) is 1.93. The maximum absolute atomic E-state index is 11.3. The lowest BCUT2D eigenvalue weighted by Gasteiger charge is -2.16. The highest BCUT2D eigenvalue weighted by Crippen LogP contribution is 2.40. The number of carboxylic acids is 1. The van der Waals surface area contributed by atoms with E-state index in [4.69, 9.17) is 14.2 Å². The highest BCUT2D eigenvalue weighted by molar-refractivity contribution is 5.93. The van der Waals surface area contributed by atoms with Crippen LogP contribution in [0.25, 0.3) is 11.4 Å². The molecule has 0 fully saturated rings. The molecule has 2 rings (SSSR count). The van der Waals surface area contributed by atoms with Crippen molar-refractivity contribution in [3.63, 3.8) is 0 Å². The van der Waals surface area contributed by atoms with Gasteiger partial charge in [-0.1, -0.05) is 0 Å². The molecule has 0 spiro atoms. The Morgan fingerprint density at radius 3 is 2.08 bits per heavy atom. The zero-order valence-electron chi connectivity index (χ0n) is 14.2. The first-order valence-corrected chi connectivity index (χ1v) is 7.01. The van der Waals surface area contributed by atoms with Crippen molar-refractivity contribution in [2.24, 2.45) is 0 Å². The van der Waals surface area contributed by atoms with Gasteiger partial charge in [0.1, 0.15) is 11.4 Å². The van der Waals surface area contributed by atoms with Gasteiger partial charge < -0.3 is 24.2 Å². The molecule has 1 aromatic heterocycles. The Kier molecular flexibility index (Phi) is 5.08. The molecule has 0 bridgehead atoms. The molecule has 8 heteroatoms. The van der Waals surface area contributed by atoms with Gasteiger partial charge in [0, 0.05) is 25.9 Å². The molecule has 128 valence electrons. The highest BCUT2D eigenvalue weighted by atomic mass is 16.5. The van der Waals surface area contributed by atoms with Gasteiger partial charge in [-0.05, 0) is 12.1 Å². The van der Waals surface area contributed by atoms with Crippen molar-refractivity contribution in [1.29, 1.82) is 0 Å². The van der Waals surface area contributed by atoms with Crippen molar-refractivity contribution in [3.8, 4) is 28.6 Å². The van der Waals surface area contributed by atoms with Gasteiger partial charge in [0.15, 0.2) is 17.3 Å². The summed E-state index contributed by atoms with van der Waals surface area (Å²) in [6.45, 7) is 0. The highest BCUT2D eigenvalue weighted by Gasteiger charge is 2.19. The van der Waals surface area contributed by atoms with Crippen LogP contribution in [0.2, 0.25) is 0 Å². The molecule has 0 saturated carbocycles. The summed E-state index contributed by atoms with van der Waals surface area (Å²) in [4.78, 5) is 21.4. The average Bonchev–Trinajstić information content (AvgIpc) is 2.59. The Labute approximate surface area is 139 Å². The molecule has 1 aromatic carbocycles. The molecule has 0 aliphatic rings. The van der Waals surface area contributed by atoms with Gasteiger partial charge in [-0.25, -0.2) is 14.8 Å². The number of nitrogens with zero attached hydrogens (tertiary/aromatic N) is 3. The molecule has 1 heterocycles. The van der Waals surface area contributed by atoms with Gasteiger partial charge in [0.25, 0.3) is 0 Å². The van der Waals surface area contributed by atoms with E-state index in [9.17, 15) is 9.90 Å². The number of benzene rings is 1. The Morgan fingerprint density at radius 1 is 1.08 bits per heavy atom. The summed E-state index contributed by atoms with van der Waals surface area (Å²) in [5, 5.41) is 9.25. The van der Waals surface area contributed by atoms with Crippen molar-refractivity contribution in [2.75, 3.05) is 40.3 Å². The van der Waals surface area contributed by atoms with E-state index in [-0.39, 0.29) is 5.56 Å². The number of carboxylic acid groups (broad SMARTS) is 1. The fourth-order valence-corrected chi connectivity index (χ4v) is 2.21. The standard InChI is InChI=1S/C16H19N3O5/c1-19(2)15-10(16(20)21)8-17-14(18-15)9-6-11(22-3)13(24-5)12(7-9)23-4/h6-8H,1-5H3,(H,20,21). The van der Waals surface area contributed by atoms with Gasteiger partial charge in [-0.2, -0.15) is 0 Å². The largest absolute Gasteiger partial charge is 0.493 e. The first kappa shape index (κ1) is 17.3. The zero-order valence-corrected chi connectivity index (χ0v) is 14.2. The summed E-state index contributed by atoms with van der Waals surface area (Å²) >= 11 is 0. The molecule has 0 aliphatic carbocycles. The van der Waals surface area contributed by atoms with Crippen molar-refractivity contribution in [1.82, 2.24) is 9.97 Å². The molecule has 0 atom stereocenters. The second-order valence-electron chi connectivity index (χ2n) is 5.04. The minimum Gasteiger partial charge on any atom is -0.493 e. The lowest BCUT2D eigenvalue weighted by Crippen LogP contribution is -2.16. The number of aromatic carboxylic acids is 1. The van der Waals surface area contributed by atoms with E-state index in [1.165, 1.54) is 27.5 Å². The summed E-state index contributed by atoms with van der Waals surface area (Å²) in [5.74, 6) is 0.950. The first-order chi connectivity index (χ1) is 11.4. The van der Waals surface area contributed by atoms with Crippen LogP contribution in [0.4, 0.5) is 5.82 Å². The molecular weight excluding hydrogens is 314 g/mol. The van der Waals surface area contributed by atoms with E-state index < -0.39 is 5.97 Å². The summed E-state index contributed by atoms with van der Waals surface area (Å²) in [5.41, 5.74) is 0.640. The Hall–Kier alpha value is -3.03. The lowest BCUT2D eigenvalue weighted by atomic mass is 10.1. The third-order valence-corrected chi connectivity index (χ3v) is 3.35. The number of hydrogen-bond acceptors (Lipinski definition) is 7. The minimum absolute atomic E-state index is 0.0243. The van der Waals surface area contributed by atoms with E-state index >= 15 is 0 Å². The van der Waals surface area contributed by atoms with E-state index in [0.717, 1.165) is 0 Å². The number of hydrogen-bond donors (Lipinski definition) is 1. The number of aromatic nitrogens is 2. The third kappa shape index (κ3) is 3.17. The summed E-state index contributed by atoms with van der Waals surface area (Å²) in [6.07, 6.45) is 1.28. The van der Waals surface area contributed by atoms with E-state index in [2.05, 4.69) is 9.97 Å². The molecule has 0 aliphatic heterocycles. The van der Waals surface area contributed by atoms with Gasteiger partial charge in [-0.3, -0.25) is 0 Å². The van der Waals surface area contributed by atoms with Crippen molar-refractivity contribution in [2.45, 2.75) is 0 Å². The van der Waals surface area contributed by atoms with Crippen LogP contribution in [0.1, 0.15) is 10.4 Å². The Balaban J connectivity index is 2.64. The monoisotopic (exact) mass is 333 g/mol.